The van der Waals surface area contributed by atoms with Crippen molar-refractivity contribution in [1.29, 1.82) is 0 Å². The van der Waals surface area contributed by atoms with E-state index in [9.17, 15) is 9.59 Å². The van der Waals surface area contributed by atoms with Crippen molar-refractivity contribution in [2.75, 3.05) is 12.4 Å². The molecular formula is C20H19NO5. The fraction of sp³-hybridized carbons (Fsp3) is 0.200. The molecule has 0 aliphatic rings. The van der Waals surface area contributed by atoms with Crippen molar-refractivity contribution < 1.29 is 23.5 Å². The minimum absolute atomic E-state index is 0.104. The highest BCUT2D eigenvalue weighted by atomic mass is 16.6. The van der Waals surface area contributed by atoms with Crippen molar-refractivity contribution in [2.24, 2.45) is 0 Å². The Morgan fingerprint density at radius 1 is 1.12 bits per heavy atom. The van der Waals surface area contributed by atoms with Crippen molar-refractivity contribution >= 4 is 28.5 Å². The molecule has 0 bridgehead atoms. The van der Waals surface area contributed by atoms with Gasteiger partial charge in [-0.25, -0.2) is 4.79 Å². The van der Waals surface area contributed by atoms with Gasteiger partial charge < -0.3 is 19.2 Å². The van der Waals surface area contributed by atoms with Crippen LogP contribution in [0.5, 0.6) is 5.75 Å². The molecule has 3 aromatic rings. The van der Waals surface area contributed by atoms with Gasteiger partial charge in [0.1, 0.15) is 11.3 Å². The highest BCUT2D eigenvalue weighted by molar-refractivity contribution is 5.99. The zero-order valence-corrected chi connectivity index (χ0v) is 14.7. The quantitative estimate of drug-likeness (QED) is 0.703. The number of amides is 1. The number of hydrogen-bond acceptors (Lipinski definition) is 5. The summed E-state index contributed by atoms with van der Waals surface area (Å²) >= 11 is 0. The molecule has 0 spiro atoms. The Hall–Kier alpha value is -3.28. The molecule has 0 aliphatic carbocycles. The number of furan rings is 1. The molecule has 0 saturated carbocycles. The minimum atomic E-state index is -0.985. The normalized spacial score (nSPS) is 11.8. The van der Waals surface area contributed by atoms with Crippen molar-refractivity contribution in [2.45, 2.75) is 20.0 Å². The Morgan fingerprint density at radius 2 is 1.88 bits per heavy atom. The first-order valence-electron chi connectivity index (χ1n) is 8.13. The van der Waals surface area contributed by atoms with Crippen LogP contribution in [-0.2, 0) is 9.53 Å². The van der Waals surface area contributed by atoms with Crippen molar-refractivity contribution in [3.05, 3.63) is 59.9 Å². The number of esters is 1. The van der Waals surface area contributed by atoms with Gasteiger partial charge in [-0.1, -0.05) is 24.3 Å². The third kappa shape index (κ3) is 3.54. The summed E-state index contributed by atoms with van der Waals surface area (Å²) in [5, 5.41) is 3.53. The van der Waals surface area contributed by atoms with E-state index in [-0.39, 0.29) is 5.76 Å². The number of fused-ring (bicyclic) bond motifs is 1. The van der Waals surface area contributed by atoms with Crippen LogP contribution in [0.2, 0.25) is 0 Å². The number of rotatable bonds is 5. The van der Waals surface area contributed by atoms with E-state index < -0.39 is 18.0 Å². The first-order valence-corrected chi connectivity index (χ1v) is 8.13. The lowest BCUT2D eigenvalue weighted by Crippen LogP contribution is -2.30. The second kappa shape index (κ2) is 7.31. The number of ether oxygens (including phenoxy) is 2. The highest BCUT2D eigenvalue weighted by Gasteiger charge is 2.24. The van der Waals surface area contributed by atoms with Crippen molar-refractivity contribution in [3.8, 4) is 5.75 Å². The van der Waals surface area contributed by atoms with E-state index in [1.165, 1.54) is 6.92 Å². The molecule has 134 valence electrons. The Balaban J connectivity index is 1.69. The fourth-order valence-electron chi connectivity index (χ4n) is 2.58. The van der Waals surface area contributed by atoms with E-state index in [1.807, 2.05) is 18.2 Å². The van der Waals surface area contributed by atoms with Gasteiger partial charge in [0.2, 0.25) is 5.76 Å². The molecule has 1 aromatic heterocycles. The van der Waals surface area contributed by atoms with Gasteiger partial charge in [0.15, 0.2) is 6.10 Å². The van der Waals surface area contributed by atoms with E-state index in [2.05, 4.69) is 5.32 Å². The highest BCUT2D eigenvalue weighted by Crippen LogP contribution is 2.25. The number of para-hydroxylation sites is 1. The largest absolute Gasteiger partial charge is 0.497 e. The minimum Gasteiger partial charge on any atom is -0.497 e. The molecule has 0 fully saturated rings. The molecule has 0 saturated heterocycles. The fourth-order valence-corrected chi connectivity index (χ4v) is 2.58. The van der Waals surface area contributed by atoms with Crippen LogP contribution < -0.4 is 10.1 Å². The van der Waals surface area contributed by atoms with E-state index >= 15 is 0 Å². The van der Waals surface area contributed by atoms with Gasteiger partial charge in [0, 0.05) is 22.7 Å². The summed E-state index contributed by atoms with van der Waals surface area (Å²) in [7, 11) is 1.54. The molecule has 0 radical (unpaired) electrons. The molecule has 6 nitrogen and oxygen atoms in total. The maximum absolute atomic E-state index is 12.4. The van der Waals surface area contributed by atoms with Crippen LogP contribution in [0.1, 0.15) is 23.0 Å². The average molecular weight is 353 g/mol. The Labute approximate surface area is 150 Å². The SMILES string of the molecule is COc1cccc(NC(=O)[C@@H](C)OC(=O)c2oc3ccccc3c2C)c1. The number of carbonyl (C=O) groups is 2. The van der Waals surface area contributed by atoms with Crippen LogP contribution in [0, 0.1) is 6.92 Å². The third-order valence-electron chi connectivity index (χ3n) is 4.02. The first kappa shape index (κ1) is 17.5. The van der Waals surface area contributed by atoms with Gasteiger partial charge in [-0.3, -0.25) is 4.79 Å². The van der Waals surface area contributed by atoms with E-state index in [4.69, 9.17) is 13.9 Å². The summed E-state index contributed by atoms with van der Waals surface area (Å²) < 4.78 is 15.9. The summed E-state index contributed by atoms with van der Waals surface area (Å²) in [6.07, 6.45) is -0.985. The molecule has 1 N–H and O–H groups in total. The number of carbonyl (C=O) groups excluding carboxylic acids is 2. The van der Waals surface area contributed by atoms with Crippen LogP contribution in [0.25, 0.3) is 11.0 Å². The maximum atomic E-state index is 12.4. The Bertz CT molecular complexity index is 960. The van der Waals surface area contributed by atoms with Crippen LogP contribution in [-0.4, -0.2) is 25.1 Å². The monoisotopic (exact) mass is 353 g/mol. The standard InChI is InChI=1S/C20H19NO5/c1-12-16-9-4-5-10-17(16)26-18(12)20(23)25-13(2)19(22)21-14-7-6-8-15(11-14)24-3/h4-11,13H,1-3H3,(H,21,22)/t13-/m1/s1. The third-order valence-corrected chi connectivity index (χ3v) is 4.02. The molecular weight excluding hydrogens is 334 g/mol. The van der Waals surface area contributed by atoms with Gasteiger partial charge in [-0.15, -0.1) is 0 Å². The summed E-state index contributed by atoms with van der Waals surface area (Å²) in [6, 6.07) is 14.2. The first-order chi connectivity index (χ1) is 12.5. The number of methoxy groups -OCH3 is 1. The van der Waals surface area contributed by atoms with Gasteiger partial charge >= 0.3 is 5.97 Å². The summed E-state index contributed by atoms with van der Waals surface area (Å²) in [5.41, 5.74) is 1.84. The lowest BCUT2D eigenvalue weighted by atomic mass is 10.1. The topological polar surface area (TPSA) is 77.8 Å². The predicted molar refractivity (Wildman–Crippen MR) is 97.5 cm³/mol. The zero-order chi connectivity index (χ0) is 18.7. The Kier molecular flexibility index (Phi) is 4.93. The Morgan fingerprint density at radius 3 is 2.62 bits per heavy atom. The lowest BCUT2D eigenvalue weighted by molar-refractivity contribution is -0.123. The molecule has 1 amide bonds. The summed E-state index contributed by atoms with van der Waals surface area (Å²) in [6.45, 7) is 3.29. The molecule has 6 heteroatoms. The van der Waals surface area contributed by atoms with Crippen LogP contribution in [0.15, 0.2) is 52.9 Å². The van der Waals surface area contributed by atoms with Crippen molar-refractivity contribution in [3.63, 3.8) is 0 Å². The van der Waals surface area contributed by atoms with Crippen LogP contribution >= 0.6 is 0 Å². The van der Waals surface area contributed by atoms with Gasteiger partial charge in [0.05, 0.1) is 7.11 Å². The number of aryl methyl sites for hydroxylation is 1. The van der Waals surface area contributed by atoms with Gasteiger partial charge in [-0.05, 0) is 32.0 Å². The summed E-state index contributed by atoms with van der Waals surface area (Å²) in [5.74, 6) is -0.398. The molecule has 1 atom stereocenters. The lowest BCUT2D eigenvalue weighted by Gasteiger charge is -2.13. The molecule has 1 heterocycles. The van der Waals surface area contributed by atoms with E-state index in [0.717, 1.165) is 5.39 Å². The van der Waals surface area contributed by atoms with E-state index in [0.29, 0.717) is 22.6 Å². The zero-order valence-electron chi connectivity index (χ0n) is 14.7. The van der Waals surface area contributed by atoms with E-state index in [1.54, 1.807) is 44.4 Å². The van der Waals surface area contributed by atoms with Gasteiger partial charge in [0.25, 0.3) is 5.91 Å². The number of benzene rings is 2. The van der Waals surface area contributed by atoms with Gasteiger partial charge in [-0.2, -0.15) is 0 Å². The number of hydrogen-bond donors (Lipinski definition) is 1. The molecule has 26 heavy (non-hydrogen) atoms. The van der Waals surface area contributed by atoms with Crippen LogP contribution in [0.3, 0.4) is 0 Å². The summed E-state index contributed by atoms with van der Waals surface area (Å²) in [4.78, 5) is 24.7. The maximum Gasteiger partial charge on any atom is 0.375 e. The smallest absolute Gasteiger partial charge is 0.375 e. The molecule has 0 aliphatic heterocycles. The molecule has 0 unspecified atom stereocenters. The predicted octanol–water partition coefficient (Wildman–Crippen LogP) is 3.93. The van der Waals surface area contributed by atoms with Crippen molar-refractivity contribution in [1.82, 2.24) is 0 Å². The average Bonchev–Trinajstić information content (AvgIpc) is 2.99. The number of anilines is 1. The van der Waals surface area contributed by atoms with Crippen LogP contribution in [0.4, 0.5) is 5.69 Å². The molecule has 2 aromatic carbocycles. The number of nitrogens with one attached hydrogen (secondary N) is 1. The second-order valence-electron chi connectivity index (χ2n) is 5.82. The second-order valence-corrected chi connectivity index (χ2v) is 5.82. The molecule has 3 rings (SSSR count).